The van der Waals surface area contributed by atoms with Gasteiger partial charge in [-0.05, 0) is 24.6 Å². The van der Waals surface area contributed by atoms with Gasteiger partial charge in [0, 0.05) is 4.57 Å². The molecule has 0 aliphatic rings. The maximum Gasteiger partial charge on any atom is 0.664 e. The van der Waals surface area contributed by atoms with Gasteiger partial charge in [0.05, 0.1) is 0 Å². The molecule has 6 heteroatoms. The Morgan fingerprint density at radius 2 is 1.68 bits per heavy atom. The van der Waals surface area contributed by atoms with Crippen molar-refractivity contribution in [1.29, 1.82) is 0 Å². The smallest absolute Gasteiger partial charge is 0.460 e. The van der Waals surface area contributed by atoms with E-state index in [1.54, 1.807) is 31.2 Å². The molecule has 0 bridgehead atoms. The standard InChI is InChI=1S/C16H17NO4P/c1-13(16(18)20-12-14-8-4-2-5-9-14)17-22(19)21-15-10-6-3-7-11-15/h2-11,13H,12H2,1H3,(H,17,19)/q+1/t13-/m0/s1. The highest BCUT2D eigenvalue weighted by Gasteiger charge is 2.28. The van der Waals surface area contributed by atoms with Gasteiger partial charge in [0.15, 0.2) is 5.75 Å². The summed E-state index contributed by atoms with van der Waals surface area (Å²) in [6, 6.07) is 17.4. The monoisotopic (exact) mass is 318 g/mol. The van der Waals surface area contributed by atoms with Gasteiger partial charge >= 0.3 is 14.1 Å². The molecule has 0 aromatic heterocycles. The van der Waals surface area contributed by atoms with Crippen LogP contribution in [0.25, 0.3) is 0 Å². The average Bonchev–Trinajstić information content (AvgIpc) is 2.54. The van der Waals surface area contributed by atoms with Crippen molar-refractivity contribution < 1.29 is 18.6 Å². The van der Waals surface area contributed by atoms with E-state index in [9.17, 15) is 9.36 Å². The molecular formula is C16H17NO4P+. The van der Waals surface area contributed by atoms with E-state index in [1.165, 1.54) is 0 Å². The minimum Gasteiger partial charge on any atom is -0.460 e. The Morgan fingerprint density at radius 1 is 1.09 bits per heavy atom. The van der Waals surface area contributed by atoms with E-state index in [0.29, 0.717) is 5.75 Å². The first kappa shape index (κ1) is 16.1. The van der Waals surface area contributed by atoms with Crippen LogP contribution in [0, 0.1) is 0 Å². The van der Waals surface area contributed by atoms with Gasteiger partial charge in [0.2, 0.25) is 0 Å². The highest BCUT2D eigenvalue weighted by Crippen LogP contribution is 2.23. The Morgan fingerprint density at radius 3 is 2.32 bits per heavy atom. The lowest BCUT2D eigenvalue weighted by molar-refractivity contribution is -0.146. The molecular weight excluding hydrogens is 301 g/mol. The van der Waals surface area contributed by atoms with Crippen molar-refractivity contribution >= 4 is 14.1 Å². The zero-order valence-electron chi connectivity index (χ0n) is 12.1. The SMILES string of the molecule is C[C@H](N[P+](=O)Oc1ccccc1)C(=O)OCc1ccccc1. The third-order valence-electron chi connectivity index (χ3n) is 2.81. The first-order valence-corrected chi connectivity index (χ1v) is 8.00. The fraction of sp³-hybridized carbons (Fsp3) is 0.188. The maximum atomic E-state index is 11.8. The molecule has 2 atom stereocenters. The topological polar surface area (TPSA) is 64.6 Å². The Balaban J connectivity index is 1.77. The number of carbonyl (C=O) groups excluding carboxylic acids is 1. The molecule has 5 nitrogen and oxygen atoms in total. The van der Waals surface area contributed by atoms with E-state index in [0.717, 1.165) is 5.56 Å². The second-order valence-electron chi connectivity index (χ2n) is 4.61. The van der Waals surface area contributed by atoms with Crippen LogP contribution < -0.4 is 9.61 Å². The van der Waals surface area contributed by atoms with Gasteiger partial charge in [-0.3, -0.25) is 4.79 Å². The van der Waals surface area contributed by atoms with Crippen molar-refractivity contribution in [2.24, 2.45) is 0 Å². The molecule has 0 heterocycles. The van der Waals surface area contributed by atoms with Crippen LogP contribution in [0.4, 0.5) is 0 Å². The van der Waals surface area contributed by atoms with Crippen molar-refractivity contribution in [2.75, 3.05) is 0 Å². The van der Waals surface area contributed by atoms with Crippen molar-refractivity contribution in [3.05, 3.63) is 66.2 Å². The minimum atomic E-state index is -2.19. The summed E-state index contributed by atoms with van der Waals surface area (Å²) in [6.45, 7) is 1.76. The summed E-state index contributed by atoms with van der Waals surface area (Å²) in [5.74, 6) is -0.00942. The van der Waals surface area contributed by atoms with Crippen molar-refractivity contribution in [3.8, 4) is 5.75 Å². The third-order valence-corrected chi connectivity index (χ3v) is 3.78. The summed E-state index contributed by atoms with van der Waals surface area (Å²) < 4.78 is 22.2. The summed E-state index contributed by atoms with van der Waals surface area (Å²) in [6.07, 6.45) is 0. The Bertz CT molecular complexity index is 619. The largest absolute Gasteiger partial charge is 0.664 e. The van der Waals surface area contributed by atoms with Gasteiger partial charge in [0.25, 0.3) is 0 Å². The lowest BCUT2D eigenvalue weighted by Crippen LogP contribution is -2.31. The number of ether oxygens (including phenoxy) is 1. The molecule has 2 rings (SSSR count). The zero-order valence-corrected chi connectivity index (χ0v) is 13.0. The quantitative estimate of drug-likeness (QED) is 0.626. The van der Waals surface area contributed by atoms with Crippen LogP contribution in [0.15, 0.2) is 60.7 Å². The normalized spacial score (nSPS) is 12.3. The van der Waals surface area contributed by atoms with Crippen LogP contribution >= 0.6 is 8.18 Å². The second kappa shape index (κ2) is 8.27. The summed E-state index contributed by atoms with van der Waals surface area (Å²) >= 11 is 0. The summed E-state index contributed by atoms with van der Waals surface area (Å²) in [5.41, 5.74) is 0.896. The van der Waals surface area contributed by atoms with E-state index in [1.807, 2.05) is 36.4 Å². The molecule has 0 amide bonds. The Labute approximate surface area is 130 Å². The van der Waals surface area contributed by atoms with Crippen LogP contribution in [-0.2, 0) is 20.7 Å². The Kier molecular flexibility index (Phi) is 6.07. The number of para-hydroxylation sites is 1. The number of hydrogen-bond donors (Lipinski definition) is 1. The predicted molar refractivity (Wildman–Crippen MR) is 83.5 cm³/mol. The van der Waals surface area contributed by atoms with Gasteiger partial charge in [-0.15, -0.1) is 0 Å². The third kappa shape index (κ3) is 5.28. The van der Waals surface area contributed by atoms with Gasteiger partial charge in [0.1, 0.15) is 12.6 Å². The summed E-state index contributed by atoms with van der Waals surface area (Å²) in [4.78, 5) is 11.8. The molecule has 0 aliphatic heterocycles. The molecule has 114 valence electrons. The molecule has 0 aliphatic carbocycles. The van der Waals surface area contributed by atoms with Crippen molar-refractivity contribution in [3.63, 3.8) is 0 Å². The fourth-order valence-corrected chi connectivity index (χ4v) is 2.46. The second-order valence-corrected chi connectivity index (χ2v) is 5.56. The van der Waals surface area contributed by atoms with Crippen LogP contribution in [-0.4, -0.2) is 12.0 Å². The molecule has 1 unspecified atom stereocenters. The van der Waals surface area contributed by atoms with Gasteiger partial charge in [-0.1, -0.05) is 53.6 Å². The molecule has 2 aromatic rings. The molecule has 22 heavy (non-hydrogen) atoms. The van der Waals surface area contributed by atoms with Crippen LogP contribution in [0.3, 0.4) is 0 Å². The number of rotatable bonds is 7. The molecule has 2 aromatic carbocycles. The number of esters is 1. The lowest BCUT2D eigenvalue weighted by Gasteiger charge is -2.07. The van der Waals surface area contributed by atoms with Gasteiger partial charge < -0.3 is 4.74 Å². The molecule has 0 fully saturated rings. The lowest BCUT2D eigenvalue weighted by atomic mass is 10.2. The highest BCUT2D eigenvalue weighted by molar-refractivity contribution is 7.37. The summed E-state index contributed by atoms with van der Waals surface area (Å²) in [5, 5.41) is 2.58. The summed E-state index contributed by atoms with van der Waals surface area (Å²) in [7, 11) is -2.19. The number of nitrogens with one attached hydrogen (secondary N) is 1. The van der Waals surface area contributed by atoms with E-state index in [-0.39, 0.29) is 6.61 Å². The van der Waals surface area contributed by atoms with Crippen LogP contribution in [0.5, 0.6) is 5.75 Å². The van der Waals surface area contributed by atoms with E-state index >= 15 is 0 Å². The Hall–Kier alpha value is -2.23. The van der Waals surface area contributed by atoms with Gasteiger partial charge in [-0.2, -0.15) is 0 Å². The molecule has 0 saturated heterocycles. The number of carbonyl (C=O) groups is 1. The van der Waals surface area contributed by atoms with E-state index in [2.05, 4.69) is 5.09 Å². The average molecular weight is 318 g/mol. The first-order chi connectivity index (χ1) is 10.6. The number of benzene rings is 2. The van der Waals surface area contributed by atoms with Gasteiger partial charge in [-0.25, -0.2) is 4.52 Å². The van der Waals surface area contributed by atoms with E-state index < -0.39 is 20.2 Å². The molecule has 0 saturated carbocycles. The van der Waals surface area contributed by atoms with Crippen molar-refractivity contribution in [2.45, 2.75) is 19.6 Å². The minimum absolute atomic E-state index is 0.183. The first-order valence-electron chi connectivity index (χ1n) is 6.82. The molecule has 0 radical (unpaired) electrons. The van der Waals surface area contributed by atoms with Crippen molar-refractivity contribution in [1.82, 2.24) is 5.09 Å². The fourth-order valence-electron chi connectivity index (χ4n) is 1.67. The zero-order chi connectivity index (χ0) is 15.8. The number of hydrogen-bond acceptors (Lipinski definition) is 4. The van der Waals surface area contributed by atoms with E-state index in [4.69, 9.17) is 9.26 Å². The highest BCUT2D eigenvalue weighted by atomic mass is 31.1. The maximum absolute atomic E-state index is 11.8. The van der Waals surface area contributed by atoms with Crippen LogP contribution in [0.2, 0.25) is 0 Å². The predicted octanol–water partition coefficient (Wildman–Crippen LogP) is 3.44. The molecule has 0 spiro atoms. The molecule has 1 N–H and O–H groups in total. The van der Waals surface area contributed by atoms with Crippen LogP contribution in [0.1, 0.15) is 12.5 Å².